The highest BCUT2D eigenvalue weighted by Gasteiger charge is 2.16. The molecule has 282 valence electrons. The molecule has 0 amide bonds. The normalized spacial score (nSPS) is 9.98. The van der Waals surface area contributed by atoms with Gasteiger partial charge >= 0.3 is 0 Å². The van der Waals surface area contributed by atoms with Crippen LogP contribution in [-0.4, -0.2) is 7.32 Å². The summed E-state index contributed by atoms with van der Waals surface area (Å²) in [4.78, 5) is 0. The van der Waals surface area contributed by atoms with Crippen molar-refractivity contribution >= 4 is 7.32 Å². The summed E-state index contributed by atoms with van der Waals surface area (Å²) in [7, 11) is -2.92. The highest BCUT2D eigenvalue weighted by Crippen LogP contribution is 2.18. The van der Waals surface area contributed by atoms with Crippen LogP contribution in [0.2, 0.25) is 0 Å². The Labute approximate surface area is 341 Å². The van der Waals surface area contributed by atoms with Crippen molar-refractivity contribution in [3.63, 3.8) is 0 Å². The van der Waals surface area contributed by atoms with Gasteiger partial charge in [0.15, 0.2) is 18.6 Å². The van der Waals surface area contributed by atoms with E-state index < -0.39 is 7.32 Å². The Morgan fingerprint density at radius 3 is 0.655 bits per heavy atom. The molecule has 3 aromatic heterocycles. The van der Waals surface area contributed by atoms with Crippen molar-refractivity contribution in [1.29, 1.82) is 0 Å². The molecule has 58 heavy (non-hydrogen) atoms. The first kappa shape index (κ1) is 40.4. The fourth-order valence-corrected chi connectivity index (χ4v) is 6.30. The lowest BCUT2D eigenvalue weighted by molar-refractivity contribution is -0.584. The van der Waals surface area contributed by atoms with Crippen LogP contribution in [0.15, 0.2) is 255 Å². The molecule has 3 heterocycles. The lowest BCUT2D eigenvalue weighted by Gasteiger charge is -2.35. The Kier molecular flexibility index (Phi) is 15.1. The number of nitrogens with zero attached hydrogens (tertiary/aromatic N) is 3. The average Bonchev–Trinajstić information content (AvgIpc) is 3.31. The minimum absolute atomic E-state index is 1.18. The topological polar surface area (TPSA) is 80.8 Å². The molecule has 0 saturated carbocycles. The molecule has 0 bridgehead atoms. The summed E-state index contributed by atoms with van der Waals surface area (Å²) in [5.74, 6) is 0. The number of aromatic nitrogens is 3. The van der Waals surface area contributed by atoms with Crippen LogP contribution < -0.4 is 28.8 Å². The Morgan fingerprint density at radius 1 is 0.241 bits per heavy atom. The summed E-state index contributed by atoms with van der Waals surface area (Å²) in [5.41, 5.74) is 10.8. The van der Waals surface area contributed by atoms with Crippen LogP contribution in [0.25, 0.3) is 50.8 Å². The number of rotatable bonds is 6. The van der Waals surface area contributed by atoms with Crippen molar-refractivity contribution in [3.8, 4) is 50.8 Å². The Morgan fingerprint density at radius 2 is 0.431 bits per heavy atom. The zero-order chi connectivity index (χ0) is 40.2. The summed E-state index contributed by atoms with van der Waals surface area (Å²) in [6, 6.07) is 81.3. The summed E-state index contributed by atoms with van der Waals surface area (Å²) in [6.07, 6.45) is 6.28. The Bertz CT molecular complexity index is 2070. The van der Waals surface area contributed by atoms with Crippen LogP contribution in [0, 0.1) is 0 Å². The van der Waals surface area contributed by atoms with Gasteiger partial charge in [-0.25, -0.2) is 0 Å². The van der Waals surface area contributed by atoms with Gasteiger partial charge in [0.25, 0.3) is 0 Å². The monoisotopic (exact) mass is 755 g/mol. The third-order valence-corrected chi connectivity index (χ3v) is 8.89. The number of pyridine rings is 3. The molecular formula is C51H42BN3O3. The molecule has 0 fully saturated rings. The summed E-state index contributed by atoms with van der Waals surface area (Å²) in [6.45, 7) is 0. The van der Waals surface area contributed by atoms with Crippen LogP contribution in [-0.2, 0) is 0 Å². The fraction of sp³-hybridized carbons (Fsp3) is 0. The van der Waals surface area contributed by atoms with Gasteiger partial charge in [0.1, 0.15) is 0 Å². The van der Waals surface area contributed by atoms with Gasteiger partial charge in [-0.05, 0) is 54.6 Å². The first-order valence-electron chi connectivity index (χ1n) is 18.9. The molecule has 9 aromatic rings. The molecule has 0 aliphatic heterocycles. The van der Waals surface area contributed by atoms with Gasteiger partial charge in [0.2, 0.25) is 34.1 Å². The van der Waals surface area contributed by atoms with Crippen LogP contribution in [0.5, 0.6) is 0 Å². The van der Waals surface area contributed by atoms with Gasteiger partial charge in [-0.1, -0.05) is 109 Å². The third-order valence-electron chi connectivity index (χ3n) is 8.89. The second-order valence-electron chi connectivity index (χ2n) is 12.8. The van der Waals surface area contributed by atoms with E-state index in [9.17, 15) is 0 Å². The molecule has 0 unspecified atom stereocenters. The van der Waals surface area contributed by atoms with E-state index in [2.05, 4.69) is 232 Å². The highest BCUT2D eigenvalue weighted by molar-refractivity contribution is 6.24. The van der Waals surface area contributed by atoms with Crippen molar-refractivity contribution in [1.82, 2.24) is 0 Å². The van der Waals surface area contributed by atoms with Crippen molar-refractivity contribution in [2.24, 2.45) is 0 Å². The van der Waals surface area contributed by atoms with E-state index in [1.807, 2.05) is 36.4 Å². The predicted octanol–water partition coefficient (Wildman–Crippen LogP) is 6.94. The Balaban J connectivity index is 0.000000140. The fourth-order valence-electron chi connectivity index (χ4n) is 6.30. The van der Waals surface area contributed by atoms with E-state index >= 15 is 0 Å². The number of hydrogen-bond donors (Lipinski definition) is 0. The summed E-state index contributed by atoms with van der Waals surface area (Å²) in [5, 5.41) is 25.2. The van der Waals surface area contributed by atoms with Crippen molar-refractivity contribution in [2.75, 3.05) is 0 Å². The number of para-hydroxylation sites is 3. The van der Waals surface area contributed by atoms with E-state index in [-0.39, 0.29) is 0 Å². The molecule has 0 spiro atoms. The second-order valence-corrected chi connectivity index (χ2v) is 12.8. The first-order chi connectivity index (χ1) is 28.6. The molecule has 7 heteroatoms. The Hall–Kier alpha value is -7.29. The molecule has 6 nitrogen and oxygen atoms in total. The van der Waals surface area contributed by atoms with Crippen LogP contribution in [0.1, 0.15) is 0 Å². The van der Waals surface area contributed by atoms with E-state index in [4.69, 9.17) is 15.1 Å². The number of benzene rings is 6. The van der Waals surface area contributed by atoms with Gasteiger partial charge in [0.05, 0.1) is 0 Å². The standard InChI is InChI=1S/3C17H14N.BO3/c3*1-3-9-15(10-4-1)17-13-7-8-14-18(17)16-11-5-2-6-12-16;2-1(3)4/h3*1-14H;/q3*+1;-3. The smallest absolute Gasteiger partial charge is 0.218 e. The molecule has 0 atom stereocenters. The van der Waals surface area contributed by atoms with Gasteiger partial charge in [-0.15, -0.1) is 0 Å². The largest absolute Gasteiger partial charge is 0.907 e. The van der Waals surface area contributed by atoms with Crippen molar-refractivity contribution in [3.05, 3.63) is 255 Å². The minimum Gasteiger partial charge on any atom is -0.907 e. The molecule has 0 radical (unpaired) electrons. The quantitative estimate of drug-likeness (QED) is 0.136. The van der Waals surface area contributed by atoms with E-state index in [0.29, 0.717) is 0 Å². The molecule has 0 aliphatic carbocycles. The lowest BCUT2D eigenvalue weighted by atomic mass is 10.1. The van der Waals surface area contributed by atoms with E-state index in [0.717, 1.165) is 0 Å². The third kappa shape index (κ3) is 11.6. The summed E-state index contributed by atoms with van der Waals surface area (Å²) >= 11 is 0. The van der Waals surface area contributed by atoms with Crippen LogP contribution in [0.4, 0.5) is 0 Å². The zero-order valence-corrected chi connectivity index (χ0v) is 31.9. The maximum absolute atomic E-state index is 8.42. The van der Waals surface area contributed by atoms with Crippen molar-refractivity contribution < 1.29 is 28.8 Å². The minimum atomic E-state index is -2.92. The van der Waals surface area contributed by atoms with Crippen LogP contribution >= 0.6 is 0 Å². The molecule has 6 aromatic carbocycles. The maximum atomic E-state index is 8.42. The van der Waals surface area contributed by atoms with Gasteiger partial charge in [-0.3, -0.25) is 7.32 Å². The van der Waals surface area contributed by atoms with Crippen LogP contribution in [0.3, 0.4) is 0 Å². The molecule has 9 rings (SSSR count). The van der Waals surface area contributed by atoms with Crippen molar-refractivity contribution in [2.45, 2.75) is 0 Å². The number of hydrogen-bond acceptors (Lipinski definition) is 3. The molecule has 0 saturated heterocycles. The van der Waals surface area contributed by atoms with Gasteiger partial charge < -0.3 is 15.1 Å². The maximum Gasteiger partial charge on any atom is 0.218 e. The second kappa shape index (κ2) is 21.7. The van der Waals surface area contributed by atoms with E-state index in [1.54, 1.807) is 0 Å². The predicted molar refractivity (Wildman–Crippen MR) is 226 cm³/mol. The summed E-state index contributed by atoms with van der Waals surface area (Å²) < 4.78 is 6.61. The molecule has 0 N–H and O–H groups in total. The van der Waals surface area contributed by atoms with Gasteiger partial charge in [-0.2, -0.15) is 13.7 Å². The highest BCUT2D eigenvalue weighted by atomic mass is 16.5. The zero-order valence-electron chi connectivity index (χ0n) is 31.9. The lowest BCUT2D eigenvalue weighted by Crippen LogP contribution is -2.56. The SMILES string of the molecule is [O-]B([O-])[O-].c1ccc(-c2cccc[n+]2-c2ccccc2)cc1.c1ccc(-c2cccc[n+]2-c2ccccc2)cc1.c1ccc(-c2cccc[n+]2-c2ccccc2)cc1. The van der Waals surface area contributed by atoms with E-state index in [1.165, 1.54) is 50.8 Å². The molecular weight excluding hydrogens is 713 g/mol. The molecule has 0 aliphatic rings. The van der Waals surface area contributed by atoms with Gasteiger partial charge in [0, 0.05) is 89.5 Å². The first-order valence-corrected chi connectivity index (χ1v) is 18.9. The average molecular weight is 756 g/mol.